The van der Waals surface area contributed by atoms with Gasteiger partial charge in [-0.1, -0.05) is 54.1 Å². The Morgan fingerprint density at radius 1 is 1.07 bits per heavy atom. The minimum atomic E-state index is -1.01. The van der Waals surface area contributed by atoms with Crippen LogP contribution in [-0.2, 0) is 11.3 Å². The molecule has 2 aromatic carbocycles. The molecule has 0 amide bonds. The lowest BCUT2D eigenvalue weighted by Gasteiger charge is -2.07. The van der Waals surface area contributed by atoms with Gasteiger partial charge in [0.25, 0.3) is 0 Å². The third-order valence-corrected chi connectivity index (χ3v) is 4.44. The van der Waals surface area contributed by atoms with Crippen LogP contribution >= 0.6 is 0 Å². The molecule has 0 aliphatic rings. The molecule has 29 heavy (non-hydrogen) atoms. The fraction of sp³-hybridized carbons (Fsp3) is 0.167. The zero-order chi connectivity index (χ0) is 20.6. The second-order valence-corrected chi connectivity index (χ2v) is 6.73. The van der Waals surface area contributed by atoms with Gasteiger partial charge in [-0.25, -0.2) is 4.79 Å². The molecule has 0 saturated carbocycles. The summed E-state index contributed by atoms with van der Waals surface area (Å²) in [5, 5.41) is 8.69. The predicted molar refractivity (Wildman–Crippen MR) is 112 cm³/mol. The number of aromatic nitrogens is 1. The first-order valence-corrected chi connectivity index (χ1v) is 9.40. The van der Waals surface area contributed by atoms with Crippen molar-refractivity contribution in [3.05, 3.63) is 95.3 Å². The highest BCUT2D eigenvalue weighted by Crippen LogP contribution is 2.16. The normalized spacial score (nSPS) is 10.9. The summed E-state index contributed by atoms with van der Waals surface area (Å²) in [5.74, 6) is -0.471. The van der Waals surface area contributed by atoms with Crippen molar-refractivity contribution in [1.82, 2.24) is 4.57 Å². The summed E-state index contributed by atoms with van der Waals surface area (Å²) < 4.78 is 7.15. The summed E-state index contributed by atoms with van der Waals surface area (Å²) in [6, 6.07) is 18.6. The molecule has 3 aromatic rings. The summed E-state index contributed by atoms with van der Waals surface area (Å²) in [6.45, 7) is 2.32. The summed E-state index contributed by atoms with van der Waals surface area (Å²) >= 11 is 0. The lowest BCUT2D eigenvalue weighted by molar-refractivity contribution is -0.139. The number of aryl methyl sites for hydroxylation is 2. The van der Waals surface area contributed by atoms with Gasteiger partial charge >= 0.3 is 5.97 Å². The Bertz CT molecular complexity index is 1020. The number of carboxylic acids is 1. The number of nitrogens with zero attached hydrogens (tertiary/aromatic N) is 1. The number of rotatable bonds is 9. The van der Waals surface area contributed by atoms with E-state index in [4.69, 9.17) is 9.84 Å². The van der Waals surface area contributed by atoms with Gasteiger partial charge in [0, 0.05) is 18.3 Å². The average Bonchev–Trinajstić information content (AvgIpc) is 3.18. The van der Waals surface area contributed by atoms with E-state index in [0.29, 0.717) is 23.6 Å². The molecular formula is C24H23NO4. The maximum atomic E-state index is 12.7. The highest BCUT2D eigenvalue weighted by atomic mass is 16.5. The van der Waals surface area contributed by atoms with Crippen LogP contribution in [0.1, 0.15) is 33.6 Å². The number of ketones is 1. The quantitative estimate of drug-likeness (QED) is 0.543. The fourth-order valence-electron chi connectivity index (χ4n) is 2.95. The first-order valence-electron chi connectivity index (χ1n) is 9.40. The zero-order valence-corrected chi connectivity index (χ0v) is 16.2. The van der Waals surface area contributed by atoms with E-state index < -0.39 is 5.97 Å². The van der Waals surface area contributed by atoms with Gasteiger partial charge in [-0.3, -0.25) is 4.79 Å². The van der Waals surface area contributed by atoms with Gasteiger partial charge in [-0.05, 0) is 43.2 Å². The molecule has 0 bridgehead atoms. The van der Waals surface area contributed by atoms with Gasteiger partial charge in [0.05, 0.1) is 5.69 Å². The molecule has 0 unspecified atom stereocenters. The van der Waals surface area contributed by atoms with Crippen LogP contribution < -0.4 is 4.74 Å². The molecule has 0 radical (unpaired) electrons. The van der Waals surface area contributed by atoms with E-state index in [1.165, 1.54) is 0 Å². The van der Waals surface area contributed by atoms with Crippen molar-refractivity contribution >= 4 is 17.8 Å². The van der Waals surface area contributed by atoms with Gasteiger partial charge < -0.3 is 14.4 Å². The van der Waals surface area contributed by atoms with Crippen molar-refractivity contribution in [2.75, 3.05) is 6.61 Å². The summed E-state index contributed by atoms with van der Waals surface area (Å²) in [4.78, 5) is 23.3. The van der Waals surface area contributed by atoms with Crippen LogP contribution in [0.25, 0.3) is 6.08 Å². The molecule has 0 fully saturated rings. The summed E-state index contributed by atoms with van der Waals surface area (Å²) in [6.07, 6.45) is 6.65. The van der Waals surface area contributed by atoms with Crippen molar-refractivity contribution in [3.63, 3.8) is 0 Å². The Morgan fingerprint density at radius 3 is 2.62 bits per heavy atom. The van der Waals surface area contributed by atoms with Crippen LogP contribution in [0.3, 0.4) is 0 Å². The Hall–Kier alpha value is -3.60. The molecule has 5 heteroatoms. The lowest BCUT2D eigenvalue weighted by Crippen LogP contribution is -2.09. The topological polar surface area (TPSA) is 68.5 Å². The van der Waals surface area contributed by atoms with Gasteiger partial charge in [-0.2, -0.15) is 0 Å². The molecule has 3 rings (SSSR count). The third-order valence-electron chi connectivity index (χ3n) is 4.44. The van der Waals surface area contributed by atoms with E-state index >= 15 is 0 Å². The Balaban J connectivity index is 1.60. The third kappa shape index (κ3) is 5.69. The number of benzene rings is 2. The molecule has 0 spiro atoms. The molecule has 0 aliphatic carbocycles. The number of carboxylic acid groups (broad SMARTS) is 1. The summed E-state index contributed by atoms with van der Waals surface area (Å²) in [7, 11) is 0. The number of allylic oxidation sites excluding steroid dienone is 1. The predicted octanol–water partition coefficient (Wildman–Crippen LogP) is 4.59. The molecule has 1 aromatic heterocycles. The first-order chi connectivity index (χ1) is 14.0. The van der Waals surface area contributed by atoms with E-state index in [1.54, 1.807) is 12.1 Å². The molecule has 148 valence electrons. The molecule has 5 nitrogen and oxygen atoms in total. The zero-order valence-electron chi connectivity index (χ0n) is 16.2. The average molecular weight is 389 g/mol. The highest BCUT2D eigenvalue weighted by molar-refractivity contribution is 6.08. The van der Waals surface area contributed by atoms with Crippen LogP contribution in [0.15, 0.2) is 72.9 Å². The SMILES string of the molecule is Cc1ccc(C(=O)c2cccn2CCC=Cc2cccc(OCC(=O)O)c2)cc1. The molecular weight excluding hydrogens is 366 g/mol. The molecule has 0 aliphatic heterocycles. The van der Waals surface area contributed by atoms with Crippen molar-refractivity contribution in [1.29, 1.82) is 0 Å². The molecule has 0 saturated heterocycles. The van der Waals surface area contributed by atoms with E-state index in [2.05, 4.69) is 0 Å². The van der Waals surface area contributed by atoms with E-state index in [9.17, 15) is 9.59 Å². The standard InChI is InChI=1S/C24H23NO4/c1-18-10-12-20(13-11-18)24(28)22-9-5-15-25(22)14-3-2-6-19-7-4-8-21(16-19)29-17-23(26)27/h2,4-13,15-16H,3,14,17H2,1H3,(H,26,27). The van der Waals surface area contributed by atoms with E-state index in [1.807, 2.05) is 78.4 Å². The Morgan fingerprint density at radius 2 is 1.86 bits per heavy atom. The van der Waals surface area contributed by atoms with Crippen LogP contribution in [0.5, 0.6) is 5.75 Å². The van der Waals surface area contributed by atoms with E-state index in [-0.39, 0.29) is 12.4 Å². The minimum absolute atomic E-state index is 0.0160. The van der Waals surface area contributed by atoms with Crippen molar-refractivity contribution < 1.29 is 19.4 Å². The minimum Gasteiger partial charge on any atom is -0.482 e. The molecule has 1 heterocycles. The summed E-state index contributed by atoms with van der Waals surface area (Å²) in [5.41, 5.74) is 3.41. The van der Waals surface area contributed by atoms with Gasteiger partial charge in [0.2, 0.25) is 5.78 Å². The monoisotopic (exact) mass is 389 g/mol. The van der Waals surface area contributed by atoms with Crippen molar-refractivity contribution in [2.45, 2.75) is 19.9 Å². The Kier molecular flexibility index (Phi) is 6.63. The van der Waals surface area contributed by atoms with Gasteiger partial charge in [-0.15, -0.1) is 0 Å². The highest BCUT2D eigenvalue weighted by Gasteiger charge is 2.12. The number of carbonyl (C=O) groups excluding carboxylic acids is 1. The van der Waals surface area contributed by atoms with Crippen LogP contribution in [0.4, 0.5) is 0 Å². The van der Waals surface area contributed by atoms with Crippen molar-refractivity contribution in [3.8, 4) is 5.75 Å². The maximum Gasteiger partial charge on any atom is 0.341 e. The van der Waals surface area contributed by atoms with Crippen LogP contribution in [0, 0.1) is 6.92 Å². The van der Waals surface area contributed by atoms with Crippen molar-refractivity contribution in [2.24, 2.45) is 0 Å². The second kappa shape index (κ2) is 9.55. The number of carbonyl (C=O) groups is 2. The fourth-order valence-corrected chi connectivity index (χ4v) is 2.95. The number of aliphatic carboxylic acids is 1. The van der Waals surface area contributed by atoms with Crippen LogP contribution in [0.2, 0.25) is 0 Å². The van der Waals surface area contributed by atoms with Gasteiger partial charge in [0.15, 0.2) is 6.61 Å². The molecule has 1 N–H and O–H groups in total. The first kappa shape index (κ1) is 20.1. The Labute approximate surface area is 169 Å². The largest absolute Gasteiger partial charge is 0.482 e. The number of hydrogen-bond donors (Lipinski definition) is 1. The second-order valence-electron chi connectivity index (χ2n) is 6.73. The van der Waals surface area contributed by atoms with Crippen LogP contribution in [-0.4, -0.2) is 28.0 Å². The number of hydrogen-bond acceptors (Lipinski definition) is 3. The number of ether oxygens (including phenoxy) is 1. The molecule has 0 atom stereocenters. The van der Waals surface area contributed by atoms with Gasteiger partial charge in [0.1, 0.15) is 5.75 Å². The smallest absolute Gasteiger partial charge is 0.341 e. The maximum absolute atomic E-state index is 12.7. The van der Waals surface area contributed by atoms with E-state index in [0.717, 1.165) is 17.5 Å². The lowest BCUT2D eigenvalue weighted by atomic mass is 10.1.